The maximum absolute atomic E-state index is 11.7. The number of carbonyl (C=O) groups is 1. The number of benzene rings is 2. The molecule has 0 saturated carbocycles. The summed E-state index contributed by atoms with van der Waals surface area (Å²) in [5, 5.41) is 13.8. The predicted molar refractivity (Wildman–Crippen MR) is 99.8 cm³/mol. The van der Waals surface area contributed by atoms with Crippen LogP contribution in [0.25, 0.3) is 10.9 Å². The molecular formula is C20H22N2O4. The van der Waals surface area contributed by atoms with E-state index < -0.39 is 12.0 Å². The highest BCUT2D eigenvalue weighted by molar-refractivity contribution is 5.84. The van der Waals surface area contributed by atoms with Crippen molar-refractivity contribution in [2.45, 2.75) is 19.0 Å². The minimum Gasteiger partial charge on any atom is -0.497 e. The van der Waals surface area contributed by atoms with Gasteiger partial charge in [0.05, 0.1) is 14.2 Å². The molecule has 0 saturated heterocycles. The first-order chi connectivity index (χ1) is 12.6. The summed E-state index contributed by atoms with van der Waals surface area (Å²) in [4.78, 5) is 14.9. The summed E-state index contributed by atoms with van der Waals surface area (Å²) >= 11 is 0. The lowest BCUT2D eigenvalue weighted by Gasteiger charge is -2.16. The van der Waals surface area contributed by atoms with Crippen LogP contribution in [0.1, 0.15) is 11.1 Å². The first kappa shape index (κ1) is 17.8. The number of ether oxygens (including phenoxy) is 2. The lowest BCUT2D eigenvalue weighted by atomic mass is 10.0. The van der Waals surface area contributed by atoms with Crippen molar-refractivity contribution in [3.63, 3.8) is 0 Å². The van der Waals surface area contributed by atoms with Crippen molar-refractivity contribution in [2.24, 2.45) is 0 Å². The minimum atomic E-state index is -0.886. The maximum atomic E-state index is 11.7. The molecule has 0 aliphatic heterocycles. The maximum Gasteiger partial charge on any atom is 0.321 e. The van der Waals surface area contributed by atoms with Crippen molar-refractivity contribution in [3.05, 3.63) is 59.8 Å². The average Bonchev–Trinajstić information content (AvgIpc) is 3.07. The molecule has 136 valence electrons. The number of rotatable bonds is 8. The number of carboxylic acid groups (broad SMARTS) is 1. The Hall–Kier alpha value is -2.99. The van der Waals surface area contributed by atoms with E-state index in [9.17, 15) is 9.90 Å². The Bertz CT molecular complexity index is 904. The van der Waals surface area contributed by atoms with Crippen LogP contribution in [-0.2, 0) is 17.8 Å². The Kier molecular flexibility index (Phi) is 5.43. The average molecular weight is 354 g/mol. The number of nitrogens with one attached hydrogen (secondary N) is 2. The van der Waals surface area contributed by atoms with Crippen LogP contribution in [0, 0.1) is 0 Å². The third kappa shape index (κ3) is 3.81. The van der Waals surface area contributed by atoms with E-state index in [0.717, 1.165) is 22.0 Å². The number of hydrogen-bond donors (Lipinski definition) is 3. The van der Waals surface area contributed by atoms with E-state index in [-0.39, 0.29) is 0 Å². The van der Waals surface area contributed by atoms with E-state index in [1.165, 1.54) is 0 Å². The summed E-state index contributed by atoms with van der Waals surface area (Å²) in [7, 11) is 3.17. The molecule has 0 bridgehead atoms. The van der Waals surface area contributed by atoms with Crippen molar-refractivity contribution in [1.82, 2.24) is 10.3 Å². The van der Waals surface area contributed by atoms with Gasteiger partial charge in [-0.05, 0) is 17.7 Å². The van der Waals surface area contributed by atoms with Crippen molar-refractivity contribution in [2.75, 3.05) is 14.2 Å². The van der Waals surface area contributed by atoms with Crippen LogP contribution in [0.4, 0.5) is 0 Å². The fourth-order valence-electron chi connectivity index (χ4n) is 3.00. The number of hydrogen-bond acceptors (Lipinski definition) is 4. The quantitative estimate of drug-likeness (QED) is 0.579. The first-order valence-electron chi connectivity index (χ1n) is 8.34. The zero-order valence-corrected chi connectivity index (χ0v) is 14.8. The van der Waals surface area contributed by atoms with E-state index in [1.54, 1.807) is 20.3 Å². The molecule has 1 atom stereocenters. The van der Waals surface area contributed by atoms with Crippen LogP contribution in [0.5, 0.6) is 11.5 Å². The van der Waals surface area contributed by atoms with Crippen LogP contribution in [0.3, 0.4) is 0 Å². The number of aliphatic carboxylic acids is 1. The molecule has 1 heterocycles. The van der Waals surface area contributed by atoms with Crippen molar-refractivity contribution in [1.29, 1.82) is 0 Å². The molecule has 6 nitrogen and oxygen atoms in total. The fraction of sp³-hybridized carbons (Fsp3) is 0.250. The van der Waals surface area contributed by atoms with Crippen LogP contribution in [0.2, 0.25) is 0 Å². The smallest absolute Gasteiger partial charge is 0.321 e. The van der Waals surface area contributed by atoms with E-state index in [4.69, 9.17) is 9.47 Å². The highest BCUT2D eigenvalue weighted by Crippen LogP contribution is 2.25. The van der Waals surface area contributed by atoms with Crippen molar-refractivity contribution >= 4 is 16.9 Å². The highest BCUT2D eigenvalue weighted by atomic mass is 16.5. The minimum absolute atomic E-state index is 0.381. The summed E-state index contributed by atoms with van der Waals surface area (Å²) in [5.41, 5.74) is 2.85. The second-order valence-corrected chi connectivity index (χ2v) is 6.01. The summed E-state index contributed by atoms with van der Waals surface area (Å²) in [6.45, 7) is 0.381. The number of carboxylic acids is 1. The van der Waals surface area contributed by atoms with Gasteiger partial charge in [0.15, 0.2) is 0 Å². The van der Waals surface area contributed by atoms with E-state index >= 15 is 0 Å². The van der Waals surface area contributed by atoms with Crippen LogP contribution in [-0.4, -0.2) is 36.3 Å². The summed E-state index contributed by atoms with van der Waals surface area (Å²) in [6, 6.07) is 12.6. The van der Waals surface area contributed by atoms with Crippen LogP contribution < -0.4 is 14.8 Å². The first-order valence-corrected chi connectivity index (χ1v) is 8.34. The number of fused-ring (bicyclic) bond motifs is 1. The Morgan fingerprint density at radius 2 is 1.96 bits per heavy atom. The van der Waals surface area contributed by atoms with Gasteiger partial charge >= 0.3 is 5.97 Å². The van der Waals surface area contributed by atoms with Gasteiger partial charge < -0.3 is 19.6 Å². The van der Waals surface area contributed by atoms with E-state index in [0.29, 0.717) is 24.5 Å². The van der Waals surface area contributed by atoms with Gasteiger partial charge in [0.1, 0.15) is 17.5 Å². The molecule has 26 heavy (non-hydrogen) atoms. The lowest BCUT2D eigenvalue weighted by molar-refractivity contribution is -0.139. The van der Waals surface area contributed by atoms with Gasteiger partial charge in [-0.2, -0.15) is 0 Å². The molecule has 2 aromatic carbocycles. The van der Waals surface area contributed by atoms with Gasteiger partial charge in [0, 0.05) is 41.7 Å². The van der Waals surface area contributed by atoms with Gasteiger partial charge in [-0.1, -0.05) is 24.3 Å². The standard InChI is InChI=1S/C20H22N2O4/c1-25-15-8-7-13(19(10-15)26-2)11-22-18(20(23)24)9-14-12-21-17-6-4-3-5-16(14)17/h3-8,10,12,18,21-22H,9,11H2,1-2H3,(H,23,24). The van der Waals surface area contributed by atoms with Gasteiger partial charge in [-0.15, -0.1) is 0 Å². The number of para-hydroxylation sites is 1. The molecule has 1 aromatic heterocycles. The molecule has 6 heteroatoms. The molecule has 0 amide bonds. The number of methoxy groups -OCH3 is 2. The molecule has 0 fully saturated rings. The number of aromatic amines is 1. The molecule has 3 aromatic rings. The Balaban J connectivity index is 1.74. The molecule has 3 N–H and O–H groups in total. The third-order valence-corrected chi connectivity index (χ3v) is 4.43. The normalized spacial score (nSPS) is 12.1. The topological polar surface area (TPSA) is 83.6 Å². The monoisotopic (exact) mass is 354 g/mol. The molecule has 0 radical (unpaired) electrons. The van der Waals surface area contributed by atoms with Gasteiger partial charge in [0.2, 0.25) is 0 Å². The zero-order valence-electron chi connectivity index (χ0n) is 14.8. The fourth-order valence-corrected chi connectivity index (χ4v) is 3.00. The molecule has 3 rings (SSSR count). The molecule has 0 spiro atoms. The zero-order chi connectivity index (χ0) is 18.5. The predicted octanol–water partition coefficient (Wildman–Crippen LogP) is 2.97. The van der Waals surface area contributed by atoms with Crippen molar-refractivity contribution < 1.29 is 19.4 Å². The number of aromatic nitrogens is 1. The van der Waals surface area contributed by atoms with Gasteiger partial charge in [-0.3, -0.25) is 10.1 Å². The Labute approximate surface area is 151 Å². The van der Waals surface area contributed by atoms with Gasteiger partial charge in [0.25, 0.3) is 0 Å². The molecule has 1 unspecified atom stereocenters. The SMILES string of the molecule is COc1ccc(CNC(Cc2c[nH]c3ccccc23)C(=O)O)c(OC)c1. The molecular weight excluding hydrogens is 332 g/mol. The van der Waals surface area contributed by atoms with Gasteiger partial charge in [-0.25, -0.2) is 0 Å². The van der Waals surface area contributed by atoms with E-state index in [2.05, 4.69) is 10.3 Å². The van der Waals surface area contributed by atoms with Crippen molar-refractivity contribution in [3.8, 4) is 11.5 Å². The highest BCUT2D eigenvalue weighted by Gasteiger charge is 2.20. The number of H-pyrrole nitrogens is 1. The third-order valence-electron chi connectivity index (χ3n) is 4.43. The van der Waals surface area contributed by atoms with Crippen LogP contribution in [0.15, 0.2) is 48.7 Å². The lowest BCUT2D eigenvalue weighted by Crippen LogP contribution is -2.38. The van der Waals surface area contributed by atoms with E-state index in [1.807, 2.05) is 42.6 Å². The van der Waals surface area contributed by atoms with Crippen LogP contribution >= 0.6 is 0 Å². The Morgan fingerprint density at radius 3 is 2.69 bits per heavy atom. The summed E-state index contributed by atoms with van der Waals surface area (Å²) in [6.07, 6.45) is 2.26. The summed E-state index contributed by atoms with van der Waals surface area (Å²) < 4.78 is 10.6. The molecule has 0 aliphatic rings. The Morgan fingerprint density at radius 1 is 1.15 bits per heavy atom. The second kappa shape index (κ2) is 7.93. The molecule has 0 aliphatic carbocycles. The second-order valence-electron chi connectivity index (χ2n) is 6.01. The largest absolute Gasteiger partial charge is 0.497 e. The summed E-state index contributed by atoms with van der Waals surface area (Å²) in [5.74, 6) is 0.468.